The number of thiophene rings is 1. The topological polar surface area (TPSA) is 63.6 Å². The first-order valence-corrected chi connectivity index (χ1v) is 13.2. The molecule has 34 heavy (non-hydrogen) atoms. The molecule has 1 saturated carbocycles. The minimum absolute atomic E-state index is 0.0571. The van der Waals surface area contributed by atoms with E-state index >= 15 is 0 Å². The lowest BCUT2D eigenvalue weighted by atomic mass is 9.92. The van der Waals surface area contributed by atoms with E-state index in [1.165, 1.54) is 19.3 Å². The van der Waals surface area contributed by atoms with Gasteiger partial charge in [0.05, 0.1) is 25.7 Å². The van der Waals surface area contributed by atoms with Crippen LogP contribution in [0, 0.1) is 0 Å². The molecule has 2 aliphatic rings. The molecular formula is C27H33N3O3S. The molecule has 1 N–H and O–H groups in total. The smallest absolute Gasteiger partial charge is 0.271 e. The van der Waals surface area contributed by atoms with Gasteiger partial charge in [0.15, 0.2) is 0 Å². The number of carbonyl (C=O) groups excluding carboxylic acids is 2. The molecule has 0 radical (unpaired) electrons. The molecule has 0 saturated heterocycles. The summed E-state index contributed by atoms with van der Waals surface area (Å²) in [6.45, 7) is 2.76. The van der Waals surface area contributed by atoms with Crippen LogP contribution >= 0.6 is 11.3 Å². The summed E-state index contributed by atoms with van der Waals surface area (Å²) in [5.41, 5.74) is 0.547. The molecule has 1 unspecified atom stereocenters. The van der Waals surface area contributed by atoms with Crippen LogP contribution in [0.3, 0.4) is 0 Å². The highest BCUT2D eigenvalue weighted by atomic mass is 32.1. The molecule has 1 fully saturated rings. The highest BCUT2D eigenvalue weighted by Crippen LogP contribution is 2.35. The lowest BCUT2D eigenvalue weighted by Crippen LogP contribution is -2.64. The number of amides is 2. The van der Waals surface area contributed by atoms with Gasteiger partial charge in [-0.3, -0.25) is 9.59 Å². The Morgan fingerprint density at radius 2 is 1.91 bits per heavy atom. The first-order chi connectivity index (χ1) is 16.5. The Kier molecular flexibility index (Phi) is 6.38. The van der Waals surface area contributed by atoms with E-state index in [4.69, 9.17) is 4.74 Å². The number of ether oxygens (including phenoxy) is 1. The summed E-state index contributed by atoms with van der Waals surface area (Å²) in [6.07, 6.45) is 8.05. The van der Waals surface area contributed by atoms with Crippen molar-refractivity contribution in [1.82, 2.24) is 14.8 Å². The number of aromatic nitrogens is 1. The Hall–Kier alpha value is -2.80. The summed E-state index contributed by atoms with van der Waals surface area (Å²) in [6, 6.07) is 12.0. The van der Waals surface area contributed by atoms with Crippen molar-refractivity contribution in [2.24, 2.45) is 0 Å². The minimum atomic E-state index is -0.995. The largest absolute Gasteiger partial charge is 0.497 e. The van der Waals surface area contributed by atoms with Crippen molar-refractivity contribution in [3.05, 3.63) is 52.3 Å². The van der Waals surface area contributed by atoms with Crippen molar-refractivity contribution in [1.29, 1.82) is 0 Å². The van der Waals surface area contributed by atoms with Gasteiger partial charge in [0, 0.05) is 22.4 Å². The average Bonchev–Trinajstić information content (AvgIpc) is 3.46. The van der Waals surface area contributed by atoms with Crippen molar-refractivity contribution in [2.75, 3.05) is 7.11 Å². The normalized spacial score (nSPS) is 21.7. The van der Waals surface area contributed by atoms with Gasteiger partial charge in [-0.2, -0.15) is 0 Å². The zero-order valence-electron chi connectivity index (χ0n) is 20.0. The molecule has 1 aliphatic heterocycles. The number of nitrogens with zero attached hydrogens (tertiary/aromatic N) is 2. The highest BCUT2D eigenvalue weighted by Gasteiger charge is 2.48. The fourth-order valence-corrected chi connectivity index (χ4v) is 6.10. The molecule has 2 amide bonds. The maximum atomic E-state index is 13.9. The second kappa shape index (κ2) is 9.45. The van der Waals surface area contributed by atoms with Crippen molar-refractivity contribution in [2.45, 2.75) is 76.5 Å². The second-order valence-electron chi connectivity index (χ2n) is 9.80. The fourth-order valence-electron chi connectivity index (χ4n) is 5.40. The second-order valence-corrected chi connectivity index (χ2v) is 10.8. The molecule has 0 spiro atoms. The van der Waals surface area contributed by atoms with Gasteiger partial charge < -0.3 is 19.5 Å². The number of carbonyl (C=O) groups is 2. The van der Waals surface area contributed by atoms with Crippen molar-refractivity contribution in [3.8, 4) is 5.75 Å². The lowest BCUT2D eigenvalue weighted by molar-refractivity contribution is -0.134. The van der Waals surface area contributed by atoms with Crippen LogP contribution in [0.1, 0.15) is 67.2 Å². The van der Waals surface area contributed by atoms with Crippen molar-refractivity contribution < 1.29 is 14.3 Å². The molecule has 0 bridgehead atoms. The Morgan fingerprint density at radius 3 is 2.62 bits per heavy atom. The number of fused-ring (bicyclic) bond motifs is 3. The summed E-state index contributed by atoms with van der Waals surface area (Å²) >= 11 is 1.61. The van der Waals surface area contributed by atoms with Gasteiger partial charge >= 0.3 is 0 Å². The van der Waals surface area contributed by atoms with Crippen molar-refractivity contribution >= 4 is 34.1 Å². The predicted octanol–water partition coefficient (Wildman–Crippen LogP) is 5.36. The van der Waals surface area contributed by atoms with Crippen molar-refractivity contribution in [3.63, 3.8) is 0 Å². The number of hydrogen-bond donors (Lipinski definition) is 1. The SMILES string of the molecule is COc1ccc2cc3n(c2c1)CC(C)(C(=O)NC1CCCCCCC1)N(Cc1cccs1)C3=O. The zero-order chi connectivity index (χ0) is 23.7. The molecule has 7 heteroatoms. The minimum Gasteiger partial charge on any atom is -0.497 e. The lowest BCUT2D eigenvalue weighted by Gasteiger charge is -2.44. The first kappa shape index (κ1) is 23.0. The molecule has 5 rings (SSSR count). The maximum Gasteiger partial charge on any atom is 0.271 e. The average molecular weight is 480 g/mol. The monoisotopic (exact) mass is 479 g/mol. The number of methoxy groups -OCH3 is 1. The van der Waals surface area contributed by atoms with Crippen LogP contribution in [0.15, 0.2) is 41.8 Å². The van der Waals surface area contributed by atoms with Gasteiger partial charge in [-0.15, -0.1) is 11.3 Å². The zero-order valence-corrected chi connectivity index (χ0v) is 20.8. The molecule has 2 aromatic heterocycles. The van der Waals surface area contributed by atoms with Crippen LogP contribution in [0.2, 0.25) is 0 Å². The van der Waals surface area contributed by atoms with Crippen LogP contribution < -0.4 is 10.1 Å². The summed E-state index contributed by atoms with van der Waals surface area (Å²) in [4.78, 5) is 30.7. The Labute approximate surface area is 204 Å². The van der Waals surface area contributed by atoms with Crippen LogP contribution in [-0.4, -0.2) is 40.0 Å². The molecule has 1 aromatic carbocycles. The molecule has 3 heterocycles. The number of nitrogens with one attached hydrogen (secondary N) is 1. The Balaban J connectivity index is 1.52. The van der Waals surface area contributed by atoms with E-state index in [0.29, 0.717) is 18.8 Å². The molecule has 3 aromatic rings. The third kappa shape index (κ3) is 4.22. The summed E-state index contributed by atoms with van der Waals surface area (Å²) < 4.78 is 7.44. The molecular weight excluding hydrogens is 446 g/mol. The Bertz CT molecular complexity index is 1180. The molecule has 6 nitrogen and oxygen atoms in total. The van der Waals surface area contributed by atoms with Gasteiger partial charge in [-0.05, 0) is 49.4 Å². The molecule has 180 valence electrons. The van der Waals surface area contributed by atoms with Gasteiger partial charge in [0.2, 0.25) is 5.91 Å². The Morgan fingerprint density at radius 1 is 1.15 bits per heavy atom. The van der Waals surface area contributed by atoms with E-state index in [1.807, 2.05) is 53.3 Å². The molecule has 1 aliphatic carbocycles. The molecule has 1 atom stereocenters. The van der Waals surface area contributed by atoms with Gasteiger partial charge in [-0.1, -0.05) is 38.2 Å². The van der Waals surface area contributed by atoms with E-state index in [2.05, 4.69) is 5.32 Å². The summed E-state index contributed by atoms with van der Waals surface area (Å²) in [5, 5.41) is 6.34. The maximum absolute atomic E-state index is 13.9. The highest BCUT2D eigenvalue weighted by molar-refractivity contribution is 7.09. The predicted molar refractivity (Wildman–Crippen MR) is 135 cm³/mol. The van der Waals surface area contributed by atoms with E-state index < -0.39 is 5.54 Å². The quantitative estimate of drug-likeness (QED) is 0.536. The van der Waals surface area contributed by atoms with Gasteiger partial charge in [0.25, 0.3) is 5.91 Å². The fraction of sp³-hybridized carbons (Fsp3) is 0.481. The van der Waals surface area contributed by atoms with E-state index in [0.717, 1.165) is 47.2 Å². The standard InChI is InChI=1S/C27H33N3O3S/c1-27(26(32)28-20-9-6-4-3-5-7-10-20)18-29-23-16-21(33-2)13-12-19(23)15-24(29)25(31)30(27)17-22-11-8-14-34-22/h8,11-16,20H,3-7,9-10,17-18H2,1-2H3,(H,28,32). The van der Waals surface area contributed by atoms with Gasteiger partial charge in [-0.25, -0.2) is 0 Å². The number of rotatable bonds is 5. The third-order valence-electron chi connectivity index (χ3n) is 7.46. The first-order valence-electron chi connectivity index (χ1n) is 12.3. The van der Waals surface area contributed by atoms with E-state index in [1.54, 1.807) is 23.3 Å². The van der Waals surface area contributed by atoms with Crippen LogP contribution in [-0.2, 0) is 17.9 Å². The number of hydrogen-bond acceptors (Lipinski definition) is 4. The van der Waals surface area contributed by atoms with Crippen LogP contribution in [0.5, 0.6) is 5.75 Å². The van der Waals surface area contributed by atoms with E-state index in [-0.39, 0.29) is 17.9 Å². The van der Waals surface area contributed by atoms with Crippen LogP contribution in [0.25, 0.3) is 10.9 Å². The number of benzene rings is 1. The summed E-state index contributed by atoms with van der Waals surface area (Å²) in [7, 11) is 1.64. The summed E-state index contributed by atoms with van der Waals surface area (Å²) in [5.74, 6) is 0.575. The van der Waals surface area contributed by atoms with Crippen LogP contribution in [0.4, 0.5) is 0 Å². The third-order valence-corrected chi connectivity index (χ3v) is 8.32. The van der Waals surface area contributed by atoms with E-state index in [9.17, 15) is 9.59 Å². The van der Waals surface area contributed by atoms with Gasteiger partial charge in [0.1, 0.15) is 17.0 Å².